The molecule has 0 saturated carbocycles. The monoisotopic (exact) mass is 305 g/mol. The number of benzene rings is 1. The summed E-state index contributed by atoms with van der Waals surface area (Å²) in [6, 6.07) is 7.46. The van der Waals surface area contributed by atoms with E-state index in [1.54, 1.807) is 0 Å². The Bertz CT molecular complexity index is 492. The average molecular weight is 305 g/mol. The molecule has 1 N–H and O–H groups in total. The molecule has 0 aliphatic heterocycles. The van der Waals surface area contributed by atoms with Gasteiger partial charge in [0.2, 0.25) is 5.91 Å². The van der Waals surface area contributed by atoms with Crippen LogP contribution in [0.2, 0.25) is 0 Å². The number of amides is 1. The molecule has 0 aliphatic rings. The topological polar surface area (TPSA) is 55.4 Å². The van der Waals surface area contributed by atoms with Gasteiger partial charge in [0.05, 0.1) is 13.5 Å². The quantitative estimate of drug-likeness (QED) is 0.788. The smallest absolute Gasteiger partial charge is 0.328 e. The van der Waals surface area contributed by atoms with Crippen molar-refractivity contribution in [2.75, 3.05) is 7.11 Å². The summed E-state index contributed by atoms with van der Waals surface area (Å²) in [5, 5.41) is 2.75. The van der Waals surface area contributed by atoms with Gasteiger partial charge in [-0.25, -0.2) is 4.79 Å². The van der Waals surface area contributed by atoms with Gasteiger partial charge in [-0.2, -0.15) is 0 Å². The van der Waals surface area contributed by atoms with Gasteiger partial charge in [0.1, 0.15) is 6.04 Å². The Morgan fingerprint density at radius 3 is 2.05 bits per heavy atom. The summed E-state index contributed by atoms with van der Waals surface area (Å²) in [5.74, 6) is 0.0298. The van der Waals surface area contributed by atoms with E-state index in [0.717, 1.165) is 12.0 Å². The van der Waals surface area contributed by atoms with Crippen LogP contribution in [0.15, 0.2) is 24.3 Å². The van der Waals surface area contributed by atoms with Crippen LogP contribution in [0, 0.1) is 11.8 Å². The average Bonchev–Trinajstić information content (AvgIpc) is 2.45. The van der Waals surface area contributed by atoms with Crippen LogP contribution in [0.3, 0.4) is 0 Å². The van der Waals surface area contributed by atoms with Crippen molar-refractivity contribution in [1.82, 2.24) is 5.32 Å². The Balaban J connectivity index is 2.62. The van der Waals surface area contributed by atoms with Crippen molar-refractivity contribution in [2.45, 2.75) is 46.6 Å². The van der Waals surface area contributed by atoms with Gasteiger partial charge in [0, 0.05) is 0 Å². The summed E-state index contributed by atoms with van der Waals surface area (Å²) in [6.45, 7) is 8.12. The Hall–Kier alpha value is -1.84. The molecule has 1 atom stereocenters. The zero-order chi connectivity index (χ0) is 16.7. The van der Waals surface area contributed by atoms with Gasteiger partial charge >= 0.3 is 5.97 Å². The first-order chi connectivity index (χ1) is 10.3. The minimum atomic E-state index is -0.599. The number of methoxy groups -OCH3 is 1. The summed E-state index contributed by atoms with van der Waals surface area (Å²) in [4.78, 5) is 23.7. The highest BCUT2D eigenvalue weighted by Crippen LogP contribution is 2.11. The molecular weight excluding hydrogens is 278 g/mol. The molecule has 0 unspecified atom stereocenters. The van der Waals surface area contributed by atoms with Crippen molar-refractivity contribution in [3.63, 3.8) is 0 Å². The molecule has 4 nitrogen and oxygen atoms in total. The van der Waals surface area contributed by atoms with Crippen molar-refractivity contribution < 1.29 is 14.3 Å². The first-order valence-electron chi connectivity index (χ1n) is 7.78. The third-order valence-electron chi connectivity index (χ3n) is 3.47. The third-order valence-corrected chi connectivity index (χ3v) is 3.47. The second-order valence-corrected chi connectivity index (χ2v) is 6.40. The Morgan fingerprint density at radius 1 is 1.05 bits per heavy atom. The maximum absolute atomic E-state index is 12.1. The number of nitrogens with one attached hydrogen (secondary N) is 1. The lowest BCUT2D eigenvalue weighted by atomic mass is 10.0. The molecule has 1 rings (SSSR count). The van der Waals surface area contributed by atoms with Crippen molar-refractivity contribution >= 4 is 11.9 Å². The van der Waals surface area contributed by atoms with Crippen molar-refractivity contribution in [3.8, 4) is 0 Å². The van der Waals surface area contributed by atoms with Crippen LogP contribution in [0.25, 0.3) is 0 Å². The van der Waals surface area contributed by atoms with Crippen LogP contribution in [0.4, 0.5) is 0 Å². The van der Waals surface area contributed by atoms with Crippen LogP contribution in [0.1, 0.15) is 38.8 Å². The maximum atomic E-state index is 12.1. The minimum absolute atomic E-state index is 0.00943. The number of ether oxygens (including phenoxy) is 1. The second-order valence-electron chi connectivity index (χ2n) is 6.40. The molecule has 0 fully saturated rings. The van der Waals surface area contributed by atoms with Crippen molar-refractivity contribution in [1.29, 1.82) is 0 Å². The number of hydrogen-bond donors (Lipinski definition) is 1. The first-order valence-corrected chi connectivity index (χ1v) is 7.78. The standard InChI is InChI=1S/C18H27NO3/c1-12(2)10-14-6-8-15(9-7-14)11-16(20)19-17(13(3)4)18(21)22-5/h6-9,12-13,17H,10-11H2,1-5H3,(H,19,20)/t17-/m0/s1. The van der Waals surface area contributed by atoms with Crippen molar-refractivity contribution in [2.24, 2.45) is 11.8 Å². The summed E-state index contributed by atoms with van der Waals surface area (Å²) in [6.07, 6.45) is 1.30. The van der Waals surface area contributed by atoms with E-state index in [0.29, 0.717) is 5.92 Å². The molecule has 122 valence electrons. The lowest BCUT2D eigenvalue weighted by molar-refractivity contribution is -0.146. The molecule has 0 saturated heterocycles. The van der Waals surface area contributed by atoms with Crippen LogP contribution in [-0.2, 0) is 27.2 Å². The summed E-state index contributed by atoms with van der Waals surface area (Å²) >= 11 is 0. The number of hydrogen-bond acceptors (Lipinski definition) is 3. The summed E-state index contributed by atoms with van der Waals surface area (Å²) in [5.41, 5.74) is 2.21. The van der Waals surface area contributed by atoms with Gasteiger partial charge in [-0.3, -0.25) is 4.79 Å². The molecule has 0 aromatic heterocycles. The van der Waals surface area contributed by atoms with E-state index >= 15 is 0 Å². The molecular formula is C18H27NO3. The zero-order valence-electron chi connectivity index (χ0n) is 14.2. The highest BCUT2D eigenvalue weighted by molar-refractivity contribution is 5.85. The summed E-state index contributed by atoms with van der Waals surface area (Å²) in [7, 11) is 1.33. The number of carbonyl (C=O) groups excluding carboxylic acids is 2. The minimum Gasteiger partial charge on any atom is -0.467 e. The first kappa shape index (κ1) is 18.2. The van der Waals surface area contributed by atoms with E-state index in [1.807, 2.05) is 26.0 Å². The number of esters is 1. The Labute approximate surface area is 133 Å². The fourth-order valence-corrected chi connectivity index (χ4v) is 2.30. The van der Waals surface area contributed by atoms with Gasteiger partial charge in [0.15, 0.2) is 0 Å². The lowest BCUT2D eigenvalue weighted by Gasteiger charge is -2.19. The van der Waals surface area contributed by atoms with E-state index in [1.165, 1.54) is 12.7 Å². The molecule has 1 aromatic rings. The van der Waals surface area contributed by atoms with E-state index in [-0.39, 0.29) is 18.2 Å². The summed E-state index contributed by atoms with van der Waals surface area (Å²) < 4.78 is 4.72. The fourth-order valence-electron chi connectivity index (χ4n) is 2.30. The predicted octanol–water partition coefficient (Wildman–Crippen LogP) is 2.74. The highest BCUT2D eigenvalue weighted by Gasteiger charge is 2.24. The highest BCUT2D eigenvalue weighted by atomic mass is 16.5. The number of rotatable bonds is 7. The maximum Gasteiger partial charge on any atom is 0.328 e. The van der Waals surface area contributed by atoms with E-state index < -0.39 is 12.0 Å². The van der Waals surface area contributed by atoms with Crippen molar-refractivity contribution in [3.05, 3.63) is 35.4 Å². The third kappa shape index (κ3) is 5.88. The molecule has 0 radical (unpaired) electrons. The van der Waals surface area contributed by atoms with Gasteiger partial charge in [-0.05, 0) is 29.4 Å². The SMILES string of the molecule is COC(=O)[C@@H](NC(=O)Cc1ccc(CC(C)C)cc1)C(C)C. The Morgan fingerprint density at radius 2 is 1.59 bits per heavy atom. The fraction of sp³-hybridized carbons (Fsp3) is 0.556. The molecule has 0 spiro atoms. The van der Waals surface area contributed by atoms with Crippen LogP contribution >= 0.6 is 0 Å². The molecule has 0 aliphatic carbocycles. The molecule has 22 heavy (non-hydrogen) atoms. The van der Waals surface area contributed by atoms with Crippen LogP contribution in [0.5, 0.6) is 0 Å². The molecule has 4 heteroatoms. The second kappa shape index (κ2) is 8.57. The molecule has 0 bridgehead atoms. The van der Waals surface area contributed by atoms with Crippen LogP contribution < -0.4 is 5.32 Å². The zero-order valence-corrected chi connectivity index (χ0v) is 14.2. The van der Waals surface area contributed by atoms with E-state index in [4.69, 9.17) is 4.74 Å². The van der Waals surface area contributed by atoms with Gasteiger partial charge in [-0.1, -0.05) is 52.0 Å². The predicted molar refractivity (Wildman–Crippen MR) is 87.5 cm³/mol. The van der Waals surface area contributed by atoms with E-state index in [2.05, 4.69) is 31.3 Å². The van der Waals surface area contributed by atoms with Gasteiger partial charge in [-0.15, -0.1) is 0 Å². The van der Waals surface area contributed by atoms with Gasteiger partial charge < -0.3 is 10.1 Å². The van der Waals surface area contributed by atoms with Crippen LogP contribution in [-0.4, -0.2) is 25.0 Å². The Kier molecular flexibility index (Phi) is 7.09. The lowest BCUT2D eigenvalue weighted by Crippen LogP contribution is -2.45. The molecule has 1 amide bonds. The largest absolute Gasteiger partial charge is 0.467 e. The normalized spacial score (nSPS) is 12.3. The molecule has 1 aromatic carbocycles. The van der Waals surface area contributed by atoms with E-state index in [9.17, 15) is 9.59 Å². The molecule has 0 heterocycles. The van der Waals surface area contributed by atoms with Gasteiger partial charge in [0.25, 0.3) is 0 Å². The number of carbonyl (C=O) groups is 2.